The van der Waals surface area contributed by atoms with Crippen LogP contribution in [-0.4, -0.2) is 16.4 Å². The molecule has 2 rings (SSSR count). The number of pyridine rings is 1. The normalized spacial score (nSPS) is 11.2. The zero-order valence-corrected chi connectivity index (χ0v) is 7.18. The van der Waals surface area contributed by atoms with Gasteiger partial charge in [0.25, 0.3) is 0 Å². The molecular formula is C10H7FN2O. The van der Waals surface area contributed by atoms with Crippen LogP contribution in [0.1, 0.15) is 5.69 Å². The van der Waals surface area contributed by atoms with Crippen LogP contribution in [0.4, 0.5) is 4.39 Å². The van der Waals surface area contributed by atoms with Gasteiger partial charge in [-0.15, -0.1) is 0 Å². The molecule has 2 aromatic rings. The van der Waals surface area contributed by atoms with E-state index in [0.717, 1.165) is 11.6 Å². The number of rotatable bonds is 1. The maximum atomic E-state index is 13.2. The summed E-state index contributed by atoms with van der Waals surface area (Å²) in [5, 5.41) is 11.9. The molecule has 0 radical (unpaired) electrons. The molecule has 1 N–H and O–H groups in total. The van der Waals surface area contributed by atoms with Gasteiger partial charge >= 0.3 is 0 Å². The van der Waals surface area contributed by atoms with E-state index in [1.54, 1.807) is 24.3 Å². The van der Waals surface area contributed by atoms with Crippen molar-refractivity contribution in [3.05, 3.63) is 41.8 Å². The number of oxime groups is 1. The average Bonchev–Trinajstić information content (AvgIpc) is 2.20. The SMILES string of the molecule is O/N=C\c1ccc2cccc(F)c2n1. The number of nitrogens with zero attached hydrogens (tertiary/aromatic N) is 2. The highest BCUT2D eigenvalue weighted by Gasteiger charge is 2.01. The molecule has 1 aromatic carbocycles. The monoisotopic (exact) mass is 190 g/mol. The van der Waals surface area contributed by atoms with E-state index in [-0.39, 0.29) is 11.3 Å². The van der Waals surface area contributed by atoms with Crippen LogP contribution in [-0.2, 0) is 0 Å². The Hall–Kier alpha value is -1.97. The van der Waals surface area contributed by atoms with Crippen LogP contribution >= 0.6 is 0 Å². The van der Waals surface area contributed by atoms with Crippen molar-refractivity contribution >= 4 is 17.1 Å². The average molecular weight is 190 g/mol. The van der Waals surface area contributed by atoms with Crippen LogP contribution in [0.5, 0.6) is 0 Å². The lowest BCUT2D eigenvalue weighted by Gasteiger charge is -1.98. The van der Waals surface area contributed by atoms with Crippen LogP contribution in [0.25, 0.3) is 10.9 Å². The Balaban J connectivity index is 2.69. The summed E-state index contributed by atoms with van der Waals surface area (Å²) in [4.78, 5) is 3.98. The molecule has 14 heavy (non-hydrogen) atoms. The van der Waals surface area contributed by atoms with Gasteiger partial charge in [0, 0.05) is 5.39 Å². The zero-order valence-electron chi connectivity index (χ0n) is 7.18. The Kier molecular flexibility index (Phi) is 2.10. The van der Waals surface area contributed by atoms with Crippen molar-refractivity contribution in [1.29, 1.82) is 0 Å². The molecule has 0 amide bonds. The van der Waals surface area contributed by atoms with Crippen molar-refractivity contribution < 1.29 is 9.60 Å². The fraction of sp³-hybridized carbons (Fsp3) is 0. The lowest BCUT2D eigenvalue weighted by Crippen LogP contribution is -1.90. The van der Waals surface area contributed by atoms with E-state index in [1.807, 2.05) is 0 Å². The zero-order chi connectivity index (χ0) is 9.97. The van der Waals surface area contributed by atoms with Crippen LogP contribution in [0, 0.1) is 5.82 Å². The summed E-state index contributed by atoms with van der Waals surface area (Å²) in [5.74, 6) is -0.379. The van der Waals surface area contributed by atoms with Crippen molar-refractivity contribution in [2.24, 2.45) is 5.16 Å². The molecular weight excluding hydrogens is 183 g/mol. The molecule has 0 spiro atoms. The highest BCUT2D eigenvalue weighted by Crippen LogP contribution is 2.15. The lowest BCUT2D eigenvalue weighted by atomic mass is 10.2. The summed E-state index contributed by atoms with van der Waals surface area (Å²) in [6.07, 6.45) is 1.16. The number of hydrogen-bond donors (Lipinski definition) is 1. The molecule has 4 heteroatoms. The van der Waals surface area contributed by atoms with Crippen molar-refractivity contribution in [3.63, 3.8) is 0 Å². The van der Waals surface area contributed by atoms with E-state index in [0.29, 0.717) is 5.69 Å². The van der Waals surface area contributed by atoms with Gasteiger partial charge in [-0.05, 0) is 12.1 Å². The second-order valence-electron chi connectivity index (χ2n) is 2.79. The van der Waals surface area contributed by atoms with Crippen LogP contribution in [0.15, 0.2) is 35.5 Å². The third kappa shape index (κ3) is 1.42. The first-order valence-electron chi connectivity index (χ1n) is 4.04. The van der Waals surface area contributed by atoms with Gasteiger partial charge in [-0.2, -0.15) is 0 Å². The quantitative estimate of drug-likeness (QED) is 0.425. The van der Waals surface area contributed by atoms with Gasteiger partial charge < -0.3 is 5.21 Å². The number of aromatic nitrogens is 1. The summed E-state index contributed by atoms with van der Waals surface area (Å²) in [6, 6.07) is 8.11. The number of hydrogen-bond acceptors (Lipinski definition) is 3. The molecule has 0 unspecified atom stereocenters. The largest absolute Gasteiger partial charge is 0.411 e. The minimum Gasteiger partial charge on any atom is -0.411 e. The number of para-hydroxylation sites is 1. The van der Waals surface area contributed by atoms with Crippen molar-refractivity contribution in [2.75, 3.05) is 0 Å². The van der Waals surface area contributed by atoms with E-state index in [1.165, 1.54) is 6.07 Å². The Morgan fingerprint density at radius 2 is 2.14 bits per heavy atom. The summed E-state index contributed by atoms with van der Waals surface area (Å²) < 4.78 is 13.2. The van der Waals surface area contributed by atoms with Gasteiger partial charge in [0.1, 0.15) is 11.3 Å². The molecule has 3 nitrogen and oxygen atoms in total. The molecule has 0 saturated carbocycles. The Labute approximate surface area is 79.5 Å². The summed E-state index contributed by atoms with van der Waals surface area (Å²) in [7, 11) is 0. The summed E-state index contributed by atoms with van der Waals surface area (Å²) in [6.45, 7) is 0. The second-order valence-corrected chi connectivity index (χ2v) is 2.79. The first kappa shape index (κ1) is 8.62. The fourth-order valence-corrected chi connectivity index (χ4v) is 1.26. The predicted molar refractivity (Wildman–Crippen MR) is 51.1 cm³/mol. The summed E-state index contributed by atoms with van der Waals surface area (Å²) >= 11 is 0. The first-order valence-corrected chi connectivity index (χ1v) is 4.04. The van der Waals surface area contributed by atoms with Gasteiger partial charge in [-0.1, -0.05) is 23.4 Å². The van der Waals surface area contributed by atoms with Gasteiger partial charge in [0.2, 0.25) is 0 Å². The van der Waals surface area contributed by atoms with Crippen LogP contribution < -0.4 is 0 Å². The molecule has 0 atom stereocenters. The standard InChI is InChI=1S/C10H7FN2O/c11-9-3-1-2-7-4-5-8(6-12-14)13-10(7)9/h1-6,14H/b12-6-. The maximum Gasteiger partial charge on any atom is 0.149 e. The third-order valence-corrected chi connectivity index (χ3v) is 1.88. The van der Waals surface area contributed by atoms with E-state index in [9.17, 15) is 4.39 Å². The van der Waals surface area contributed by atoms with E-state index < -0.39 is 0 Å². The third-order valence-electron chi connectivity index (χ3n) is 1.88. The molecule has 0 aliphatic heterocycles. The Morgan fingerprint density at radius 1 is 1.29 bits per heavy atom. The molecule has 1 heterocycles. The topological polar surface area (TPSA) is 45.5 Å². The van der Waals surface area contributed by atoms with Crippen molar-refractivity contribution in [1.82, 2.24) is 4.98 Å². The Bertz CT molecular complexity index is 496. The molecule has 0 bridgehead atoms. The number of halogens is 1. The van der Waals surface area contributed by atoms with Crippen molar-refractivity contribution in [2.45, 2.75) is 0 Å². The fourth-order valence-electron chi connectivity index (χ4n) is 1.26. The van der Waals surface area contributed by atoms with Crippen LogP contribution in [0.3, 0.4) is 0 Å². The van der Waals surface area contributed by atoms with Gasteiger partial charge in [0.15, 0.2) is 0 Å². The van der Waals surface area contributed by atoms with Gasteiger partial charge in [0.05, 0.1) is 11.9 Å². The van der Waals surface area contributed by atoms with Gasteiger partial charge in [-0.25, -0.2) is 9.37 Å². The minimum absolute atomic E-state index is 0.282. The van der Waals surface area contributed by atoms with E-state index >= 15 is 0 Å². The molecule has 0 aliphatic rings. The van der Waals surface area contributed by atoms with Gasteiger partial charge in [-0.3, -0.25) is 0 Å². The number of benzene rings is 1. The van der Waals surface area contributed by atoms with Crippen molar-refractivity contribution in [3.8, 4) is 0 Å². The second kappa shape index (κ2) is 3.41. The van der Waals surface area contributed by atoms with E-state index in [2.05, 4.69) is 10.1 Å². The molecule has 70 valence electrons. The highest BCUT2D eigenvalue weighted by molar-refractivity contribution is 5.85. The Morgan fingerprint density at radius 3 is 2.93 bits per heavy atom. The predicted octanol–water partition coefficient (Wildman–Crippen LogP) is 2.18. The molecule has 0 saturated heterocycles. The van der Waals surface area contributed by atoms with E-state index in [4.69, 9.17) is 5.21 Å². The minimum atomic E-state index is -0.379. The number of fused-ring (bicyclic) bond motifs is 1. The maximum absolute atomic E-state index is 13.2. The first-order chi connectivity index (χ1) is 6.81. The lowest BCUT2D eigenvalue weighted by molar-refractivity contribution is 0.321. The highest BCUT2D eigenvalue weighted by atomic mass is 19.1. The smallest absolute Gasteiger partial charge is 0.149 e. The van der Waals surface area contributed by atoms with Crippen LogP contribution in [0.2, 0.25) is 0 Å². The summed E-state index contributed by atoms with van der Waals surface area (Å²) in [5.41, 5.74) is 0.704. The molecule has 0 aliphatic carbocycles. The molecule has 1 aromatic heterocycles. The molecule has 0 fully saturated rings.